The smallest absolute Gasteiger partial charge is 0.246 e. The highest BCUT2D eigenvalue weighted by Gasteiger charge is 2.33. The summed E-state index contributed by atoms with van der Waals surface area (Å²) in [6.07, 6.45) is 5.39. The average molecular weight is 277 g/mol. The number of aromatic nitrogens is 2. The third-order valence-electron chi connectivity index (χ3n) is 3.89. The predicted octanol–water partition coefficient (Wildman–Crippen LogP) is -0.653. The largest absolute Gasteiger partial charge is 0.330 e. The molecule has 2 amide bonds. The first-order valence-corrected chi connectivity index (χ1v) is 6.96. The number of amides is 2. The molecule has 20 heavy (non-hydrogen) atoms. The molecule has 1 aromatic heterocycles. The van der Waals surface area contributed by atoms with Gasteiger partial charge >= 0.3 is 0 Å². The van der Waals surface area contributed by atoms with Crippen molar-refractivity contribution in [2.45, 2.75) is 18.9 Å². The molecule has 0 bridgehead atoms. The van der Waals surface area contributed by atoms with Gasteiger partial charge in [0.1, 0.15) is 6.54 Å². The van der Waals surface area contributed by atoms with Crippen molar-refractivity contribution in [3.8, 4) is 0 Å². The summed E-state index contributed by atoms with van der Waals surface area (Å²) in [6, 6.07) is -0.104. The number of hydrogen-bond donors (Lipinski definition) is 1. The number of piperazine rings is 1. The van der Waals surface area contributed by atoms with E-state index < -0.39 is 0 Å². The van der Waals surface area contributed by atoms with Crippen LogP contribution >= 0.6 is 0 Å². The molecule has 1 unspecified atom stereocenters. The molecule has 2 fully saturated rings. The van der Waals surface area contributed by atoms with Crippen molar-refractivity contribution >= 4 is 17.5 Å². The molecule has 0 spiro atoms. The second-order valence-electron chi connectivity index (χ2n) is 5.33. The van der Waals surface area contributed by atoms with Gasteiger partial charge in [0, 0.05) is 26.3 Å². The van der Waals surface area contributed by atoms with E-state index in [2.05, 4.69) is 10.4 Å². The first-order chi connectivity index (χ1) is 9.65. The molecule has 108 valence electrons. The maximum Gasteiger partial charge on any atom is 0.246 e. The molecule has 2 saturated heterocycles. The summed E-state index contributed by atoms with van der Waals surface area (Å²) in [5.74, 6) is 0.0114. The van der Waals surface area contributed by atoms with Crippen molar-refractivity contribution in [3.05, 3.63) is 12.4 Å². The SMILES string of the molecule is Cn1cc(N2CCN(C(=O)C3CCCN3)CC2=O)cn1. The number of hydrogen-bond acceptors (Lipinski definition) is 4. The van der Waals surface area contributed by atoms with Gasteiger partial charge in [-0.15, -0.1) is 0 Å². The summed E-state index contributed by atoms with van der Waals surface area (Å²) < 4.78 is 1.67. The van der Waals surface area contributed by atoms with Crippen LogP contribution in [-0.2, 0) is 16.6 Å². The zero-order valence-corrected chi connectivity index (χ0v) is 11.6. The molecule has 0 aliphatic carbocycles. The van der Waals surface area contributed by atoms with Crippen LogP contribution in [0, 0.1) is 0 Å². The van der Waals surface area contributed by atoms with Crippen molar-refractivity contribution in [2.75, 3.05) is 31.1 Å². The number of nitrogens with zero attached hydrogens (tertiary/aromatic N) is 4. The Morgan fingerprint density at radius 1 is 1.45 bits per heavy atom. The normalized spacial score (nSPS) is 23.4. The first-order valence-electron chi connectivity index (χ1n) is 6.96. The van der Waals surface area contributed by atoms with Crippen molar-refractivity contribution in [1.82, 2.24) is 20.0 Å². The van der Waals surface area contributed by atoms with Crippen molar-refractivity contribution in [1.29, 1.82) is 0 Å². The maximum absolute atomic E-state index is 12.3. The minimum Gasteiger partial charge on any atom is -0.330 e. The molecule has 1 N–H and O–H groups in total. The van der Waals surface area contributed by atoms with Gasteiger partial charge in [0.05, 0.1) is 17.9 Å². The predicted molar refractivity (Wildman–Crippen MR) is 73.2 cm³/mol. The van der Waals surface area contributed by atoms with Gasteiger partial charge < -0.3 is 15.1 Å². The fourth-order valence-corrected chi connectivity index (χ4v) is 2.80. The van der Waals surface area contributed by atoms with Gasteiger partial charge in [-0.05, 0) is 19.4 Å². The molecule has 0 radical (unpaired) electrons. The Morgan fingerprint density at radius 2 is 2.30 bits per heavy atom. The van der Waals surface area contributed by atoms with Crippen LogP contribution in [0.15, 0.2) is 12.4 Å². The van der Waals surface area contributed by atoms with E-state index in [0.29, 0.717) is 13.1 Å². The molecule has 0 aromatic carbocycles. The third-order valence-corrected chi connectivity index (χ3v) is 3.89. The molecule has 0 saturated carbocycles. The van der Waals surface area contributed by atoms with Crippen LogP contribution in [0.4, 0.5) is 5.69 Å². The summed E-state index contributed by atoms with van der Waals surface area (Å²) >= 11 is 0. The lowest BCUT2D eigenvalue weighted by atomic mass is 10.2. The van der Waals surface area contributed by atoms with Crippen molar-refractivity contribution < 1.29 is 9.59 Å². The van der Waals surface area contributed by atoms with E-state index in [-0.39, 0.29) is 24.4 Å². The summed E-state index contributed by atoms with van der Waals surface area (Å²) in [5, 5.41) is 7.26. The van der Waals surface area contributed by atoms with E-state index in [9.17, 15) is 9.59 Å². The van der Waals surface area contributed by atoms with E-state index in [4.69, 9.17) is 0 Å². The van der Waals surface area contributed by atoms with E-state index in [1.165, 1.54) is 0 Å². The third kappa shape index (κ3) is 2.40. The Labute approximate surface area is 117 Å². The van der Waals surface area contributed by atoms with Gasteiger partial charge in [-0.25, -0.2) is 0 Å². The average Bonchev–Trinajstić information content (AvgIpc) is 3.09. The zero-order chi connectivity index (χ0) is 14.1. The highest BCUT2D eigenvalue weighted by Crippen LogP contribution is 2.17. The zero-order valence-electron chi connectivity index (χ0n) is 11.6. The van der Waals surface area contributed by atoms with Crippen LogP contribution in [0.2, 0.25) is 0 Å². The van der Waals surface area contributed by atoms with Crippen LogP contribution in [0.3, 0.4) is 0 Å². The van der Waals surface area contributed by atoms with Crippen LogP contribution in [-0.4, -0.2) is 58.7 Å². The summed E-state index contributed by atoms with van der Waals surface area (Å²) in [7, 11) is 1.82. The number of anilines is 1. The Kier molecular flexibility index (Phi) is 3.43. The number of carbonyl (C=O) groups excluding carboxylic acids is 2. The molecule has 2 aliphatic rings. The molecular weight excluding hydrogens is 258 g/mol. The van der Waals surface area contributed by atoms with Crippen LogP contribution in [0.25, 0.3) is 0 Å². The second-order valence-corrected chi connectivity index (χ2v) is 5.33. The topological polar surface area (TPSA) is 70.5 Å². The fourth-order valence-electron chi connectivity index (χ4n) is 2.80. The van der Waals surface area contributed by atoms with Gasteiger partial charge in [0.15, 0.2) is 0 Å². The lowest BCUT2D eigenvalue weighted by Crippen LogP contribution is -2.55. The number of nitrogens with one attached hydrogen (secondary N) is 1. The highest BCUT2D eigenvalue weighted by atomic mass is 16.2. The van der Waals surface area contributed by atoms with Crippen LogP contribution < -0.4 is 10.2 Å². The van der Waals surface area contributed by atoms with Gasteiger partial charge in [-0.3, -0.25) is 14.3 Å². The molecule has 7 nitrogen and oxygen atoms in total. The fraction of sp³-hybridized carbons (Fsp3) is 0.615. The van der Waals surface area contributed by atoms with Crippen LogP contribution in [0.5, 0.6) is 0 Å². The van der Waals surface area contributed by atoms with E-state index in [0.717, 1.165) is 25.1 Å². The van der Waals surface area contributed by atoms with E-state index in [1.54, 1.807) is 20.7 Å². The van der Waals surface area contributed by atoms with Crippen molar-refractivity contribution in [2.24, 2.45) is 7.05 Å². The van der Waals surface area contributed by atoms with E-state index >= 15 is 0 Å². The van der Waals surface area contributed by atoms with Gasteiger partial charge in [-0.1, -0.05) is 0 Å². The quantitative estimate of drug-likeness (QED) is 0.779. The lowest BCUT2D eigenvalue weighted by molar-refractivity contribution is -0.138. The highest BCUT2D eigenvalue weighted by molar-refractivity contribution is 5.98. The lowest BCUT2D eigenvalue weighted by Gasteiger charge is -2.34. The number of carbonyl (C=O) groups is 2. The Bertz CT molecular complexity index is 521. The summed E-state index contributed by atoms with van der Waals surface area (Å²) in [4.78, 5) is 27.8. The molecule has 1 atom stereocenters. The number of aryl methyl sites for hydroxylation is 1. The molecular formula is C13H19N5O2. The van der Waals surface area contributed by atoms with Crippen molar-refractivity contribution in [3.63, 3.8) is 0 Å². The van der Waals surface area contributed by atoms with Gasteiger partial charge in [-0.2, -0.15) is 5.10 Å². The molecule has 3 heterocycles. The maximum atomic E-state index is 12.3. The number of rotatable bonds is 2. The molecule has 1 aromatic rings. The molecule has 3 rings (SSSR count). The standard InChI is InChI=1S/C13H19N5O2/c1-16-8-10(7-15-16)18-6-5-17(9-12(18)19)13(20)11-3-2-4-14-11/h7-8,11,14H,2-6,9H2,1H3. The Balaban J connectivity index is 1.64. The summed E-state index contributed by atoms with van der Waals surface area (Å²) in [5.41, 5.74) is 0.795. The molecule has 7 heteroatoms. The monoisotopic (exact) mass is 277 g/mol. The second kappa shape index (κ2) is 5.24. The minimum absolute atomic E-state index is 0.0457. The van der Waals surface area contributed by atoms with Gasteiger partial charge in [0.2, 0.25) is 11.8 Å². The first kappa shape index (κ1) is 13.1. The van der Waals surface area contributed by atoms with Gasteiger partial charge in [0.25, 0.3) is 0 Å². The summed E-state index contributed by atoms with van der Waals surface area (Å²) in [6.45, 7) is 2.16. The molecule has 2 aliphatic heterocycles. The minimum atomic E-state index is -0.104. The van der Waals surface area contributed by atoms with Crippen LogP contribution in [0.1, 0.15) is 12.8 Å². The van der Waals surface area contributed by atoms with E-state index in [1.807, 2.05) is 13.2 Å². The Morgan fingerprint density at radius 3 is 2.90 bits per heavy atom. The Hall–Kier alpha value is -1.89.